The van der Waals surface area contributed by atoms with Crippen LogP contribution in [0.3, 0.4) is 0 Å². The minimum absolute atomic E-state index is 0.00106. The van der Waals surface area contributed by atoms with Crippen LogP contribution in [0.4, 0.5) is 0 Å². The van der Waals surface area contributed by atoms with Crippen LogP contribution >= 0.6 is 0 Å². The molecule has 0 N–H and O–H groups in total. The Labute approximate surface area is 70.8 Å². The first-order valence-electron chi connectivity index (χ1n) is 4.20. The second-order valence-electron chi connectivity index (χ2n) is 3.13. The van der Waals surface area contributed by atoms with E-state index < -0.39 is 6.29 Å². The van der Waals surface area contributed by atoms with E-state index in [0.29, 0.717) is 0 Å². The molecule has 4 heteroatoms. The quantitative estimate of drug-likeness (QED) is 0.448. The van der Waals surface area contributed by atoms with E-state index in [4.69, 9.17) is 14.2 Å². The third kappa shape index (κ3) is 1.21. The number of carbonyl (C=O) groups excluding carboxylic acids is 1. The summed E-state index contributed by atoms with van der Waals surface area (Å²) in [6.45, 7) is 3.40. The van der Waals surface area contributed by atoms with E-state index in [1.54, 1.807) is 0 Å². The molecule has 0 aromatic heterocycles. The Morgan fingerprint density at radius 2 is 2.17 bits per heavy atom. The number of epoxide rings is 1. The van der Waals surface area contributed by atoms with E-state index in [2.05, 4.69) is 0 Å². The van der Waals surface area contributed by atoms with Gasteiger partial charge in [0.2, 0.25) is 6.29 Å². The Kier molecular flexibility index (Phi) is 1.81. The van der Waals surface area contributed by atoms with Crippen LogP contribution in [0.25, 0.3) is 0 Å². The van der Waals surface area contributed by atoms with Crippen LogP contribution in [0.1, 0.15) is 20.3 Å². The lowest BCUT2D eigenvalue weighted by Gasteiger charge is -2.15. The van der Waals surface area contributed by atoms with Crippen molar-refractivity contribution >= 4 is 5.97 Å². The van der Waals surface area contributed by atoms with Crippen molar-refractivity contribution in [3.05, 3.63) is 0 Å². The molecule has 2 saturated heterocycles. The molecular formula is C8H12O4. The van der Waals surface area contributed by atoms with E-state index in [0.717, 1.165) is 6.42 Å². The molecule has 0 amide bonds. The molecule has 2 rings (SSSR count). The number of ether oxygens (including phenoxy) is 3. The Morgan fingerprint density at radius 3 is 2.67 bits per heavy atom. The first-order chi connectivity index (χ1) is 5.72. The van der Waals surface area contributed by atoms with Gasteiger partial charge in [0.1, 0.15) is 12.2 Å². The summed E-state index contributed by atoms with van der Waals surface area (Å²) in [5, 5.41) is 0. The SMILES string of the molecule is CC[C@H]1OC(OC(C)=O)[C@H]2OC21. The lowest BCUT2D eigenvalue weighted by atomic mass is 10.2. The zero-order valence-corrected chi connectivity index (χ0v) is 7.15. The largest absolute Gasteiger partial charge is 0.433 e. The van der Waals surface area contributed by atoms with Crippen molar-refractivity contribution in [2.24, 2.45) is 0 Å². The standard InChI is InChI=1S/C8H12O4/c1-3-5-6-7(12-6)8(11-5)10-4(2)9/h5-8H,3H2,1-2H3/t5-,6?,7+,8?/m1/s1. The summed E-state index contributed by atoms with van der Waals surface area (Å²) in [6, 6.07) is 0. The fraction of sp³-hybridized carbons (Fsp3) is 0.875. The zero-order valence-electron chi connectivity index (χ0n) is 7.15. The lowest BCUT2D eigenvalue weighted by molar-refractivity contribution is -0.189. The average Bonchev–Trinajstić information content (AvgIpc) is 2.71. The molecule has 12 heavy (non-hydrogen) atoms. The molecular weight excluding hydrogens is 160 g/mol. The average molecular weight is 172 g/mol. The smallest absolute Gasteiger partial charge is 0.305 e. The number of hydrogen-bond donors (Lipinski definition) is 0. The minimum atomic E-state index is -0.461. The van der Waals surface area contributed by atoms with E-state index >= 15 is 0 Å². The van der Waals surface area contributed by atoms with Crippen LogP contribution in [0, 0.1) is 0 Å². The Bertz CT molecular complexity index is 203. The van der Waals surface area contributed by atoms with Crippen molar-refractivity contribution in [2.45, 2.75) is 44.9 Å². The van der Waals surface area contributed by atoms with Gasteiger partial charge in [-0.05, 0) is 6.42 Å². The Hall–Kier alpha value is -0.610. The Morgan fingerprint density at radius 1 is 1.42 bits per heavy atom. The molecule has 0 bridgehead atoms. The number of esters is 1. The van der Waals surface area contributed by atoms with Crippen LogP contribution < -0.4 is 0 Å². The molecule has 2 fully saturated rings. The summed E-state index contributed by atoms with van der Waals surface area (Å²) in [5.74, 6) is -0.314. The van der Waals surface area contributed by atoms with Crippen molar-refractivity contribution < 1.29 is 19.0 Å². The molecule has 68 valence electrons. The first kappa shape index (κ1) is 8.01. The molecule has 4 atom stereocenters. The third-order valence-electron chi connectivity index (χ3n) is 2.19. The van der Waals surface area contributed by atoms with Gasteiger partial charge in [-0.25, -0.2) is 0 Å². The molecule has 0 radical (unpaired) electrons. The molecule has 2 aliphatic rings. The number of fused-ring (bicyclic) bond motifs is 1. The maximum Gasteiger partial charge on any atom is 0.305 e. The Balaban J connectivity index is 1.90. The molecule has 4 nitrogen and oxygen atoms in total. The van der Waals surface area contributed by atoms with Gasteiger partial charge in [-0.3, -0.25) is 4.79 Å². The maximum absolute atomic E-state index is 10.6. The number of hydrogen-bond acceptors (Lipinski definition) is 4. The maximum atomic E-state index is 10.6. The van der Waals surface area contributed by atoms with Crippen molar-refractivity contribution in [3.8, 4) is 0 Å². The summed E-state index contributed by atoms with van der Waals surface area (Å²) in [5.41, 5.74) is 0. The van der Waals surface area contributed by atoms with Gasteiger partial charge in [0, 0.05) is 6.92 Å². The number of rotatable bonds is 2. The van der Waals surface area contributed by atoms with Crippen LogP contribution in [-0.4, -0.2) is 30.6 Å². The third-order valence-corrected chi connectivity index (χ3v) is 2.19. The molecule has 0 spiro atoms. The molecule has 2 unspecified atom stereocenters. The summed E-state index contributed by atoms with van der Waals surface area (Å²) in [6.07, 6.45) is 0.717. The fourth-order valence-electron chi connectivity index (χ4n) is 1.57. The van der Waals surface area contributed by atoms with Gasteiger partial charge in [0.25, 0.3) is 0 Å². The summed E-state index contributed by atoms with van der Waals surface area (Å²) in [7, 11) is 0. The van der Waals surface area contributed by atoms with Crippen LogP contribution in [0.5, 0.6) is 0 Å². The van der Waals surface area contributed by atoms with E-state index in [-0.39, 0.29) is 24.3 Å². The first-order valence-corrected chi connectivity index (χ1v) is 4.20. The second-order valence-corrected chi connectivity index (χ2v) is 3.13. The van der Waals surface area contributed by atoms with Gasteiger partial charge in [-0.1, -0.05) is 6.92 Å². The van der Waals surface area contributed by atoms with E-state index in [1.807, 2.05) is 6.92 Å². The van der Waals surface area contributed by atoms with E-state index in [9.17, 15) is 4.79 Å². The van der Waals surface area contributed by atoms with Gasteiger partial charge in [-0.2, -0.15) is 0 Å². The van der Waals surface area contributed by atoms with Crippen molar-refractivity contribution in [3.63, 3.8) is 0 Å². The van der Waals surface area contributed by atoms with Crippen molar-refractivity contribution in [2.75, 3.05) is 0 Å². The zero-order chi connectivity index (χ0) is 8.72. The highest BCUT2D eigenvalue weighted by Gasteiger charge is 2.59. The van der Waals surface area contributed by atoms with Gasteiger partial charge in [-0.15, -0.1) is 0 Å². The van der Waals surface area contributed by atoms with Crippen LogP contribution in [0.15, 0.2) is 0 Å². The normalized spacial score (nSPS) is 43.8. The highest BCUT2D eigenvalue weighted by atomic mass is 16.8. The topological polar surface area (TPSA) is 48.1 Å². The van der Waals surface area contributed by atoms with Crippen LogP contribution in [0.2, 0.25) is 0 Å². The van der Waals surface area contributed by atoms with Gasteiger partial charge in [0.05, 0.1) is 6.10 Å². The lowest BCUT2D eigenvalue weighted by Crippen LogP contribution is -2.24. The van der Waals surface area contributed by atoms with Gasteiger partial charge >= 0.3 is 5.97 Å². The van der Waals surface area contributed by atoms with E-state index in [1.165, 1.54) is 6.92 Å². The summed E-state index contributed by atoms with van der Waals surface area (Å²) < 4.78 is 15.6. The highest BCUT2D eigenvalue weighted by Crippen LogP contribution is 2.40. The van der Waals surface area contributed by atoms with Gasteiger partial charge in [0.15, 0.2) is 0 Å². The number of carbonyl (C=O) groups is 1. The highest BCUT2D eigenvalue weighted by molar-refractivity contribution is 5.66. The second kappa shape index (κ2) is 2.71. The van der Waals surface area contributed by atoms with Crippen LogP contribution in [-0.2, 0) is 19.0 Å². The molecule has 0 saturated carbocycles. The van der Waals surface area contributed by atoms with Crippen molar-refractivity contribution in [1.82, 2.24) is 0 Å². The molecule has 2 aliphatic heterocycles. The molecule has 2 heterocycles. The monoisotopic (exact) mass is 172 g/mol. The fourth-order valence-corrected chi connectivity index (χ4v) is 1.57. The van der Waals surface area contributed by atoms with Gasteiger partial charge < -0.3 is 14.2 Å². The minimum Gasteiger partial charge on any atom is -0.433 e. The molecule has 0 aromatic rings. The molecule has 0 aromatic carbocycles. The summed E-state index contributed by atoms with van der Waals surface area (Å²) >= 11 is 0. The predicted molar refractivity (Wildman–Crippen MR) is 39.4 cm³/mol. The predicted octanol–water partition coefficient (Wildman–Crippen LogP) is 0.452. The summed E-state index contributed by atoms with van der Waals surface area (Å²) in [4.78, 5) is 10.6. The van der Waals surface area contributed by atoms with Crippen molar-refractivity contribution in [1.29, 1.82) is 0 Å². The molecule has 0 aliphatic carbocycles.